The average molecular weight is 853 g/mol. The van der Waals surface area contributed by atoms with Crippen molar-refractivity contribution < 1.29 is 19.5 Å². The zero-order valence-corrected chi connectivity index (χ0v) is 41.8. The summed E-state index contributed by atoms with van der Waals surface area (Å²) >= 11 is 0. The summed E-state index contributed by atoms with van der Waals surface area (Å²) in [6.07, 6.45) is 0. The molecule has 62 heavy (non-hydrogen) atoms. The zero-order valence-electron chi connectivity index (χ0n) is 40.9. The number of benzene rings is 6. The van der Waals surface area contributed by atoms with E-state index in [9.17, 15) is 19.5 Å². The molecular formula is C57H73O4P. The standard InChI is InChI=1S/C57H73O4P/c1-52(2,3)39-26-37-29-45(54(7,8)9)43(33-41(37)46(31-39)55(10,11)12)44-28-36(51(58)35-22-20-19-21-23-35)24-25-49(44)62(59,60,61)50-34-42-38(30-48(50)57(16,17)18)27-40(53(4,5)6)32-47(42)56(13,14)15/h19-34,59-61H,1-18H3. The topological polar surface area (TPSA) is 77.8 Å². The number of carbonyl (C=O) groups excluding carboxylic acids is 1. The number of ketones is 1. The SMILES string of the molecule is CC(C)(C)c1cc(C(C)(C)C)c2cc(-c3cc(C(=O)c4ccccc4)ccc3P(O)(O)(O)c3cc4c(C(C)(C)C)cc(C(C)(C)C)cc4cc3C(C)(C)C)c(C(C)(C)C)cc2c1. The van der Waals surface area contributed by atoms with Crippen LogP contribution in [-0.4, -0.2) is 20.5 Å². The average Bonchev–Trinajstić information content (AvgIpc) is 3.13. The molecule has 0 aromatic heterocycles. The van der Waals surface area contributed by atoms with E-state index in [4.69, 9.17) is 0 Å². The molecule has 6 aromatic carbocycles. The van der Waals surface area contributed by atoms with E-state index < -0.39 is 18.1 Å². The molecule has 0 saturated heterocycles. The van der Waals surface area contributed by atoms with Gasteiger partial charge in [-0.1, -0.05) is 0 Å². The summed E-state index contributed by atoms with van der Waals surface area (Å²) in [6, 6.07) is 31.5. The molecule has 0 spiro atoms. The minimum absolute atomic E-state index is 0.00236. The van der Waals surface area contributed by atoms with E-state index in [0.29, 0.717) is 22.3 Å². The van der Waals surface area contributed by atoms with Gasteiger partial charge in [0.25, 0.3) is 0 Å². The van der Waals surface area contributed by atoms with E-state index in [2.05, 4.69) is 146 Å². The third-order valence-electron chi connectivity index (χ3n) is 12.6. The van der Waals surface area contributed by atoms with Gasteiger partial charge in [-0.05, 0) is 0 Å². The Morgan fingerprint density at radius 3 is 1.26 bits per heavy atom. The van der Waals surface area contributed by atoms with Gasteiger partial charge in [0.2, 0.25) is 0 Å². The molecule has 3 N–H and O–H groups in total. The van der Waals surface area contributed by atoms with Crippen LogP contribution < -0.4 is 10.6 Å². The van der Waals surface area contributed by atoms with Crippen LogP contribution in [-0.2, 0) is 32.5 Å². The van der Waals surface area contributed by atoms with Crippen LogP contribution in [0.3, 0.4) is 0 Å². The summed E-state index contributed by atoms with van der Waals surface area (Å²) in [5.74, 6) is -0.193. The molecule has 6 aromatic rings. The Morgan fingerprint density at radius 2 is 0.823 bits per heavy atom. The molecule has 0 aliphatic rings. The number of hydrogen-bond donors (Lipinski definition) is 3. The molecular weight excluding hydrogens is 780 g/mol. The van der Waals surface area contributed by atoms with Gasteiger partial charge >= 0.3 is 375 Å². The van der Waals surface area contributed by atoms with Gasteiger partial charge in [0, 0.05) is 0 Å². The Labute approximate surface area is 373 Å². The molecule has 0 atom stereocenters. The predicted octanol–water partition coefficient (Wildman–Crippen LogP) is 13.9. The number of hydrogen-bond acceptors (Lipinski definition) is 4. The Hall–Kier alpha value is -4.18. The molecule has 330 valence electrons. The summed E-state index contributed by atoms with van der Waals surface area (Å²) in [6.45, 7) is 39.2. The van der Waals surface area contributed by atoms with Crippen LogP contribution in [0.5, 0.6) is 0 Å². The van der Waals surface area contributed by atoms with E-state index in [1.807, 2.05) is 45.0 Å². The molecule has 6 rings (SSSR count). The van der Waals surface area contributed by atoms with Gasteiger partial charge in [-0.2, -0.15) is 0 Å². The van der Waals surface area contributed by atoms with E-state index in [0.717, 1.165) is 38.2 Å². The Balaban J connectivity index is 1.82. The minimum atomic E-state index is -6.10. The first kappa shape index (κ1) is 47.3. The predicted molar refractivity (Wildman–Crippen MR) is 268 cm³/mol. The quantitative estimate of drug-likeness (QED) is 0.119. The summed E-state index contributed by atoms with van der Waals surface area (Å²) < 4.78 is 0. The van der Waals surface area contributed by atoms with Crippen LogP contribution in [0.25, 0.3) is 32.7 Å². The molecule has 0 saturated carbocycles. The third kappa shape index (κ3) is 8.96. The van der Waals surface area contributed by atoms with Crippen LogP contribution in [0.15, 0.2) is 97.1 Å². The van der Waals surface area contributed by atoms with Crippen LogP contribution in [0.1, 0.15) is 174 Å². The summed E-state index contributed by atoms with van der Waals surface area (Å²) in [5, 5.41) is 4.10. The number of fused-ring (bicyclic) bond motifs is 2. The zero-order chi connectivity index (χ0) is 46.6. The van der Waals surface area contributed by atoms with Gasteiger partial charge < -0.3 is 0 Å². The molecule has 0 heterocycles. The number of rotatable bonds is 5. The second-order valence-electron chi connectivity index (χ2n) is 24.2. The second kappa shape index (κ2) is 15.0. The van der Waals surface area contributed by atoms with Crippen molar-refractivity contribution in [3.05, 3.63) is 142 Å². The van der Waals surface area contributed by atoms with Crippen molar-refractivity contribution in [2.24, 2.45) is 0 Å². The molecule has 5 heteroatoms. The first-order chi connectivity index (χ1) is 28.0. The van der Waals surface area contributed by atoms with Crippen molar-refractivity contribution in [1.82, 2.24) is 0 Å². The van der Waals surface area contributed by atoms with Crippen molar-refractivity contribution in [2.75, 3.05) is 0 Å². The Morgan fingerprint density at radius 1 is 0.387 bits per heavy atom. The van der Waals surface area contributed by atoms with Crippen LogP contribution >= 0.6 is 7.28 Å². The Bertz CT molecular complexity index is 2720. The monoisotopic (exact) mass is 853 g/mol. The van der Waals surface area contributed by atoms with Crippen LogP contribution in [0.2, 0.25) is 0 Å². The maximum atomic E-state index is 14.3. The maximum absolute atomic E-state index is 14.3. The molecule has 4 nitrogen and oxygen atoms in total. The van der Waals surface area contributed by atoms with Gasteiger partial charge in [-0.3, -0.25) is 0 Å². The van der Waals surface area contributed by atoms with Crippen molar-refractivity contribution in [1.29, 1.82) is 0 Å². The molecule has 0 aliphatic carbocycles. The fraction of sp³-hybridized carbons (Fsp3) is 0.421. The molecule has 0 amide bonds. The van der Waals surface area contributed by atoms with Crippen LogP contribution in [0.4, 0.5) is 0 Å². The fourth-order valence-corrected chi connectivity index (χ4v) is 11.3. The summed E-state index contributed by atoms with van der Waals surface area (Å²) in [7, 11) is -6.10. The third-order valence-corrected chi connectivity index (χ3v) is 15.1. The fourth-order valence-electron chi connectivity index (χ4n) is 8.84. The van der Waals surface area contributed by atoms with Crippen molar-refractivity contribution in [3.8, 4) is 11.1 Å². The van der Waals surface area contributed by atoms with E-state index in [1.54, 1.807) is 30.3 Å². The van der Waals surface area contributed by atoms with Gasteiger partial charge in [0.15, 0.2) is 0 Å². The number of carbonyl (C=O) groups is 1. The first-order valence-corrected chi connectivity index (χ1v) is 24.4. The van der Waals surface area contributed by atoms with Gasteiger partial charge in [-0.25, -0.2) is 0 Å². The van der Waals surface area contributed by atoms with Gasteiger partial charge in [0.05, 0.1) is 0 Å². The molecule has 0 aliphatic heterocycles. The van der Waals surface area contributed by atoms with Gasteiger partial charge in [-0.15, -0.1) is 0 Å². The van der Waals surface area contributed by atoms with E-state index in [1.165, 1.54) is 16.7 Å². The first-order valence-electron chi connectivity index (χ1n) is 22.3. The summed E-state index contributed by atoms with van der Waals surface area (Å²) in [5.41, 5.74) is 6.56. The second-order valence-corrected chi connectivity index (χ2v) is 27.1. The Kier molecular flexibility index (Phi) is 11.4. The molecule has 0 unspecified atom stereocenters. The summed E-state index contributed by atoms with van der Waals surface area (Å²) in [4.78, 5) is 54.4. The van der Waals surface area contributed by atoms with Crippen molar-refractivity contribution in [2.45, 2.75) is 157 Å². The molecule has 0 fully saturated rings. The van der Waals surface area contributed by atoms with Crippen molar-refractivity contribution in [3.63, 3.8) is 0 Å². The van der Waals surface area contributed by atoms with Gasteiger partial charge in [0.1, 0.15) is 0 Å². The van der Waals surface area contributed by atoms with E-state index >= 15 is 0 Å². The molecule has 0 radical (unpaired) electrons. The normalized spacial score (nSPS) is 14.3. The van der Waals surface area contributed by atoms with Crippen LogP contribution in [0, 0.1) is 0 Å². The van der Waals surface area contributed by atoms with E-state index in [-0.39, 0.29) is 38.1 Å². The molecule has 0 bridgehead atoms. The van der Waals surface area contributed by atoms with Crippen molar-refractivity contribution >= 4 is 45.2 Å².